The van der Waals surface area contributed by atoms with Gasteiger partial charge in [0.05, 0.1) is 11.6 Å². The molecule has 0 radical (unpaired) electrons. The van der Waals surface area contributed by atoms with Crippen LogP contribution in [-0.4, -0.2) is 24.3 Å². The summed E-state index contributed by atoms with van der Waals surface area (Å²) in [5.41, 5.74) is 1.34. The predicted molar refractivity (Wildman–Crippen MR) is 107 cm³/mol. The van der Waals surface area contributed by atoms with Crippen LogP contribution in [0.1, 0.15) is 44.1 Å². The molecule has 0 aliphatic rings. The minimum atomic E-state index is -0.613. The van der Waals surface area contributed by atoms with E-state index in [1.54, 1.807) is 47.7 Å². The largest absolute Gasteiger partial charge is 0.452 e. The standard InChI is InChI=1S/C22H19NO4S/c1-15(19-8-5-13-28-19)23-20(24)14-27-22(26)18-11-9-17(10-12-18)21(25)16-6-3-2-4-7-16/h2-13,15H,14H2,1H3,(H,23,24). The highest BCUT2D eigenvalue weighted by Gasteiger charge is 2.15. The Hall–Kier alpha value is -3.25. The van der Waals surface area contributed by atoms with Crippen LogP contribution >= 0.6 is 11.3 Å². The maximum atomic E-state index is 12.4. The number of carbonyl (C=O) groups excluding carboxylic acids is 3. The maximum Gasteiger partial charge on any atom is 0.338 e. The molecule has 1 N–H and O–H groups in total. The minimum Gasteiger partial charge on any atom is -0.452 e. The highest BCUT2D eigenvalue weighted by molar-refractivity contribution is 7.10. The van der Waals surface area contributed by atoms with Crippen molar-refractivity contribution in [2.24, 2.45) is 0 Å². The van der Waals surface area contributed by atoms with E-state index >= 15 is 0 Å². The Morgan fingerprint density at radius 1 is 0.893 bits per heavy atom. The maximum absolute atomic E-state index is 12.4. The normalized spacial score (nSPS) is 11.5. The average molecular weight is 393 g/mol. The molecule has 1 atom stereocenters. The van der Waals surface area contributed by atoms with Gasteiger partial charge in [0.2, 0.25) is 0 Å². The van der Waals surface area contributed by atoms with Crippen LogP contribution in [0.5, 0.6) is 0 Å². The summed E-state index contributed by atoms with van der Waals surface area (Å²) in [6.07, 6.45) is 0. The first-order chi connectivity index (χ1) is 13.5. The van der Waals surface area contributed by atoms with E-state index in [2.05, 4.69) is 5.32 Å². The van der Waals surface area contributed by atoms with Crippen LogP contribution in [0.2, 0.25) is 0 Å². The lowest BCUT2D eigenvalue weighted by atomic mass is 10.0. The summed E-state index contributed by atoms with van der Waals surface area (Å²) >= 11 is 1.55. The van der Waals surface area contributed by atoms with E-state index in [0.717, 1.165) is 4.88 Å². The molecule has 3 rings (SSSR count). The highest BCUT2D eigenvalue weighted by atomic mass is 32.1. The molecule has 28 heavy (non-hydrogen) atoms. The second kappa shape index (κ2) is 9.10. The number of esters is 1. The quantitative estimate of drug-likeness (QED) is 0.486. The number of amides is 1. The molecule has 6 heteroatoms. The number of nitrogens with one attached hydrogen (secondary N) is 1. The zero-order chi connectivity index (χ0) is 19.9. The number of carbonyl (C=O) groups is 3. The third-order valence-corrected chi connectivity index (χ3v) is 5.16. The van der Waals surface area contributed by atoms with E-state index in [-0.39, 0.29) is 29.9 Å². The number of thiophene rings is 1. The van der Waals surface area contributed by atoms with Crippen LogP contribution in [0, 0.1) is 0 Å². The summed E-state index contributed by atoms with van der Waals surface area (Å²) in [4.78, 5) is 37.5. The van der Waals surface area contributed by atoms with Crippen LogP contribution in [0.25, 0.3) is 0 Å². The Balaban J connectivity index is 1.53. The van der Waals surface area contributed by atoms with Crippen LogP contribution in [-0.2, 0) is 9.53 Å². The summed E-state index contributed by atoms with van der Waals surface area (Å²) in [6.45, 7) is 1.51. The van der Waals surface area contributed by atoms with E-state index in [4.69, 9.17) is 4.74 Å². The van der Waals surface area contributed by atoms with E-state index in [1.165, 1.54) is 12.1 Å². The number of hydrogen-bond acceptors (Lipinski definition) is 5. The molecular weight excluding hydrogens is 374 g/mol. The van der Waals surface area contributed by atoms with E-state index < -0.39 is 5.97 Å². The Morgan fingerprint density at radius 2 is 1.54 bits per heavy atom. The molecule has 0 fully saturated rings. The summed E-state index contributed by atoms with van der Waals surface area (Å²) in [6, 6.07) is 18.8. The SMILES string of the molecule is CC(NC(=O)COC(=O)c1ccc(C(=O)c2ccccc2)cc1)c1cccs1. The van der Waals surface area contributed by atoms with Crippen molar-refractivity contribution in [3.05, 3.63) is 93.7 Å². The molecule has 1 heterocycles. The minimum absolute atomic E-state index is 0.123. The number of ether oxygens (including phenoxy) is 1. The first-order valence-corrected chi connectivity index (χ1v) is 9.62. The smallest absolute Gasteiger partial charge is 0.338 e. The van der Waals surface area contributed by atoms with E-state index in [9.17, 15) is 14.4 Å². The zero-order valence-corrected chi connectivity index (χ0v) is 16.1. The zero-order valence-electron chi connectivity index (χ0n) is 15.3. The molecule has 0 aliphatic heterocycles. The van der Waals surface area contributed by atoms with Gasteiger partial charge in [-0.3, -0.25) is 9.59 Å². The van der Waals surface area contributed by atoms with Crippen molar-refractivity contribution in [2.75, 3.05) is 6.61 Å². The third-order valence-electron chi connectivity index (χ3n) is 4.10. The van der Waals surface area contributed by atoms with Gasteiger partial charge in [-0.05, 0) is 30.5 Å². The molecule has 2 aromatic carbocycles. The third kappa shape index (κ3) is 4.92. The molecule has 0 saturated heterocycles. The Bertz CT molecular complexity index is 950. The van der Waals surface area contributed by atoms with Gasteiger partial charge >= 0.3 is 5.97 Å². The fourth-order valence-corrected chi connectivity index (χ4v) is 3.35. The molecule has 0 bridgehead atoms. The van der Waals surface area contributed by atoms with Gasteiger partial charge in [-0.15, -0.1) is 11.3 Å². The Morgan fingerprint density at radius 3 is 2.18 bits per heavy atom. The van der Waals surface area contributed by atoms with Crippen LogP contribution in [0.3, 0.4) is 0 Å². The molecule has 3 aromatic rings. The Kier molecular flexibility index (Phi) is 6.34. The average Bonchev–Trinajstić information content (AvgIpc) is 3.27. The number of rotatable bonds is 7. The summed E-state index contributed by atoms with van der Waals surface area (Å²) in [5, 5.41) is 4.72. The van der Waals surface area contributed by atoms with Gasteiger partial charge in [-0.25, -0.2) is 4.79 Å². The monoisotopic (exact) mass is 393 g/mol. The van der Waals surface area contributed by atoms with Gasteiger partial charge in [0, 0.05) is 16.0 Å². The van der Waals surface area contributed by atoms with Crippen molar-refractivity contribution in [2.45, 2.75) is 13.0 Å². The highest BCUT2D eigenvalue weighted by Crippen LogP contribution is 2.18. The fourth-order valence-electron chi connectivity index (χ4n) is 2.62. The summed E-state index contributed by atoms with van der Waals surface area (Å²) < 4.78 is 5.06. The van der Waals surface area contributed by atoms with Crippen molar-refractivity contribution < 1.29 is 19.1 Å². The number of benzene rings is 2. The first kappa shape index (κ1) is 19.5. The molecule has 142 valence electrons. The molecule has 0 saturated carbocycles. The van der Waals surface area contributed by atoms with Crippen LogP contribution in [0.15, 0.2) is 72.1 Å². The van der Waals surface area contributed by atoms with Gasteiger partial charge in [-0.1, -0.05) is 48.5 Å². The van der Waals surface area contributed by atoms with Crippen molar-refractivity contribution >= 4 is 29.0 Å². The van der Waals surface area contributed by atoms with Gasteiger partial charge in [-0.2, -0.15) is 0 Å². The summed E-state index contributed by atoms with van der Waals surface area (Å²) in [5.74, 6) is -1.11. The van der Waals surface area contributed by atoms with E-state index in [1.807, 2.05) is 30.5 Å². The van der Waals surface area contributed by atoms with Crippen molar-refractivity contribution in [1.29, 1.82) is 0 Å². The molecule has 1 aromatic heterocycles. The van der Waals surface area contributed by atoms with Gasteiger partial charge in [0.15, 0.2) is 12.4 Å². The molecule has 0 spiro atoms. The predicted octanol–water partition coefficient (Wildman–Crippen LogP) is 4.01. The van der Waals surface area contributed by atoms with E-state index in [0.29, 0.717) is 11.1 Å². The first-order valence-electron chi connectivity index (χ1n) is 8.74. The number of ketones is 1. The topological polar surface area (TPSA) is 72.5 Å². The lowest BCUT2D eigenvalue weighted by Gasteiger charge is -2.12. The molecule has 1 amide bonds. The second-order valence-corrected chi connectivity index (χ2v) is 7.13. The van der Waals surface area contributed by atoms with Gasteiger partial charge in [0.1, 0.15) is 0 Å². The van der Waals surface area contributed by atoms with Crippen LogP contribution in [0.4, 0.5) is 0 Å². The van der Waals surface area contributed by atoms with Gasteiger partial charge < -0.3 is 10.1 Å². The van der Waals surface area contributed by atoms with Crippen molar-refractivity contribution in [3.8, 4) is 0 Å². The molecule has 1 unspecified atom stereocenters. The molecule has 5 nitrogen and oxygen atoms in total. The second-order valence-electron chi connectivity index (χ2n) is 6.15. The van der Waals surface area contributed by atoms with Crippen LogP contribution < -0.4 is 5.32 Å². The number of hydrogen-bond donors (Lipinski definition) is 1. The lowest BCUT2D eigenvalue weighted by molar-refractivity contribution is -0.124. The van der Waals surface area contributed by atoms with Crippen molar-refractivity contribution in [3.63, 3.8) is 0 Å². The Labute approximate surface area is 167 Å². The van der Waals surface area contributed by atoms with Gasteiger partial charge in [0.25, 0.3) is 5.91 Å². The fraction of sp³-hybridized carbons (Fsp3) is 0.136. The van der Waals surface area contributed by atoms with Crippen molar-refractivity contribution in [1.82, 2.24) is 5.32 Å². The lowest BCUT2D eigenvalue weighted by Crippen LogP contribution is -2.30. The summed E-state index contributed by atoms with van der Waals surface area (Å²) in [7, 11) is 0. The molecule has 0 aliphatic carbocycles. The molecular formula is C22H19NO4S.